The van der Waals surface area contributed by atoms with E-state index in [1.54, 1.807) is 13.0 Å². The molecule has 8 nitrogen and oxygen atoms in total. The Kier molecular flexibility index (Phi) is 8.87. The highest BCUT2D eigenvalue weighted by Gasteiger charge is 2.16. The van der Waals surface area contributed by atoms with Gasteiger partial charge < -0.3 is 25.4 Å². The molecule has 0 radical (unpaired) electrons. The van der Waals surface area contributed by atoms with Gasteiger partial charge in [-0.05, 0) is 44.2 Å². The van der Waals surface area contributed by atoms with Crippen LogP contribution in [0.25, 0.3) is 0 Å². The van der Waals surface area contributed by atoms with Crippen LogP contribution in [-0.2, 0) is 9.59 Å². The summed E-state index contributed by atoms with van der Waals surface area (Å²) in [6.07, 6.45) is 0. The Morgan fingerprint density at radius 3 is 2.16 bits per heavy atom. The topological polar surface area (TPSA) is 106 Å². The fraction of sp³-hybridized carbons (Fsp3) is 0.286. The number of ether oxygens (including phenoxy) is 2. The van der Waals surface area contributed by atoms with E-state index < -0.39 is 54.0 Å². The summed E-state index contributed by atoms with van der Waals surface area (Å²) in [6.45, 7) is 3.35. The Balaban J connectivity index is 1.85. The number of halogens is 3. The molecule has 0 saturated heterocycles. The van der Waals surface area contributed by atoms with Crippen molar-refractivity contribution >= 4 is 23.4 Å². The van der Waals surface area contributed by atoms with Gasteiger partial charge in [-0.25, -0.2) is 13.2 Å². The highest BCUT2D eigenvalue weighted by molar-refractivity contribution is 5.98. The zero-order valence-electron chi connectivity index (χ0n) is 17.4. The van der Waals surface area contributed by atoms with Gasteiger partial charge in [-0.15, -0.1) is 0 Å². The molecule has 2 aromatic rings. The van der Waals surface area contributed by atoms with Crippen molar-refractivity contribution < 1.29 is 37.0 Å². The third-order valence-electron chi connectivity index (χ3n) is 3.97. The Bertz CT molecular complexity index is 1000. The van der Waals surface area contributed by atoms with Crippen molar-refractivity contribution in [3.05, 3.63) is 53.3 Å². The summed E-state index contributed by atoms with van der Waals surface area (Å²) in [5, 5.41) is 6.61. The fourth-order valence-corrected chi connectivity index (χ4v) is 2.51. The molecular weight excluding hydrogens is 431 g/mol. The lowest BCUT2D eigenvalue weighted by atomic mass is 10.2. The molecule has 0 unspecified atom stereocenters. The first-order valence-corrected chi connectivity index (χ1v) is 9.64. The molecule has 3 N–H and O–H groups in total. The first-order valence-electron chi connectivity index (χ1n) is 9.64. The summed E-state index contributed by atoms with van der Waals surface area (Å²) in [4.78, 5) is 35.9. The predicted molar refractivity (Wildman–Crippen MR) is 109 cm³/mol. The van der Waals surface area contributed by atoms with Crippen LogP contribution in [0.5, 0.6) is 11.5 Å². The molecule has 0 spiro atoms. The number of anilines is 1. The molecule has 0 atom stereocenters. The van der Waals surface area contributed by atoms with E-state index in [9.17, 15) is 27.6 Å². The maximum Gasteiger partial charge on any atom is 0.251 e. The molecule has 0 heterocycles. The van der Waals surface area contributed by atoms with Crippen molar-refractivity contribution in [3.63, 3.8) is 0 Å². The molecule has 172 valence electrons. The largest absolute Gasteiger partial charge is 0.490 e. The number of benzene rings is 2. The van der Waals surface area contributed by atoms with Gasteiger partial charge in [-0.2, -0.15) is 0 Å². The van der Waals surface area contributed by atoms with Crippen LogP contribution >= 0.6 is 0 Å². The van der Waals surface area contributed by atoms with Crippen molar-refractivity contribution in [1.29, 1.82) is 0 Å². The van der Waals surface area contributed by atoms with Crippen molar-refractivity contribution in [3.8, 4) is 11.5 Å². The van der Waals surface area contributed by atoms with Crippen LogP contribution in [0.3, 0.4) is 0 Å². The molecule has 0 aromatic heterocycles. The van der Waals surface area contributed by atoms with Crippen LogP contribution < -0.4 is 25.4 Å². The minimum Gasteiger partial charge on any atom is -0.490 e. The summed E-state index contributed by atoms with van der Waals surface area (Å²) >= 11 is 0. The van der Waals surface area contributed by atoms with Crippen LogP contribution in [0, 0.1) is 17.5 Å². The second-order valence-corrected chi connectivity index (χ2v) is 6.26. The highest BCUT2D eigenvalue weighted by Crippen LogP contribution is 2.28. The zero-order valence-corrected chi connectivity index (χ0v) is 17.4. The molecule has 3 amide bonds. The molecule has 0 aliphatic rings. The fourth-order valence-electron chi connectivity index (χ4n) is 2.51. The van der Waals surface area contributed by atoms with E-state index in [1.807, 2.05) is 12.2 Å². The summed E-state index contributed by atoms with van der Waals surface area (Å²) in [7, 11) is 0. The van der Waals surface area contributed by atoms with E-state index in [-0.39, 0.29) is 5.56 Å². The molecule has 32 heavy (non-hydrogen) atoms. The van der Waals surface area contributed by atoms with Gasteiger partial charge in [-0.3, -0.25) is 14.4 Å². The summed E-state index contributed by atoms with van der Waals surface area (Å²) in [5.74, 6) is -5.95. The van der Waals surface area contributed by atoms with E-state index in [0.717, 1.165) is 6.07 Å². The maximum atomic E-state index is 13.6. The minimum absolute atomic E-state index is 0.233. The number of amides is 3. The normalized spacial score (nSPS) is 10.3. The monoisotopic (exact) mass is 453 g/mol. The van der Waals surface area contributed by atoms with Crippen LogP contribution in [0.2, 0.25) is 0 Å². The van der Waals surface area contributed by atoms with E-state index in [2.05, 4.69) is 10.6 Å². The first kappa shape index (κ1) is 24.5. The molecule has 0 aliphatic heterocycles. The van der Waals surface area contributed by atoms with Crippen molar-refractivity contribution in [1.82, 2.24) is 10.6 Å². The van der Waals surface area contributed by atoms with Gasteiger partial charge in [0.2, 0.25) is 11.8 Å². The van der Waals surface area contributed by atoms with E-state index >= 15 is 0 Å². The first-order chi connectivity index (χ1) is 15.3. The van der Waals surface area contributed by atoms with Crippen LogP contribution in [0.15, 0.2) is 30.3 Å². The van der Waals surface area contributed by atoms with Crippen LogP contribution in [0.1, 0.15) is 24.2 Å². The Hall–Kier alpha value is -3.76. The number of hydrogen-bond donors (Lipinski definition) is 3. The van der Waals surface area contributed by atoms with Gasteiger partial charge in [0.1, 0.15) is 0 Å². The Labute approximate surface area is 182 Å². The van der Waals surface area contributed by atoms with E-state index in [1.165, 1.54) is 12.1 Å². The molecule has 11 heteroatoms. The summed E-state index contributed by atoms with van der Waals surface area (Å²) < 4.78 is 50.5. The number of rotatable bonds is 10. The van der Waals surface area contributed by atoms with Crippen LogP contribution in [-0.4, -0.2) is 44.0 Å². The van der Waals surface area contributed by atoms with Gasteiger partial charge in [0.15, 0.2) is 29.0 Å². The average Bonchev–Trinajstić information content (AvgIpc) is 2.78. The zero-order chi connectivity index (χ0) is 23.7. The van der Waals surface area contributed by atoms with Crippen molar-refractivity contribution in [2.75, 3.05) is 31.6 Å². The number of nitrogens with one attached hydrogen (secondary N) is 3. The van der Waals surface area contributed by atoms with Gasteiger partial charge in [0, 0.05) is 5.56 Å². The highest BCUT2D eigenvalue weighted by atomic mass is 19.2. The van der Waals surface area contributed by atoms with Crippen LogP contribution in [0.4, 0.5) is 18.9 Å². The smallest absolute Gasteiger partial charge is 0.251 e. The Morgan fingerprint density at radius 2 is 1.47 bits per heavy atom. The average molecular weight is 453 g/mol. The van der Waals surface area contributed by atoms with Gasteiger partial charge in [0.25, 0.3) is 5.91 Å². The SMILES string of the molecule is CCOc1ccc(C(=O)NCC(=O)NCC(=O)Nc2ccc(F)c(F)c2F)cc1OCC. The molecular formula is C21H22F3N3O5. The van der Waals surface area contributed by atoms with E-state index in [4.69, 9.17) is 9.47 Å². The van der Waals surface area contributed by atoms with Gasteiger partial charge in [0.05, 0.1) is 32.0 Å². The van der Waals surface area contributed by atoms with Gasteiger partial charge >= 0.3 is 0 Å². The second-order valence-electron chi connectivity index (χ2n) is 6.26. The number of carbonyl (C=O) groups is 3. The van der Waals surface area contributed by atoms with Gasteiger partial charge in [-0.1, -0.05) is 0 Å². The lowest BCUT2D eigenvalue weighted by Crippen LogP contribution is -2.40. The van der Waals surface area contributed by atoms with Crippen molar-refractivity contribution in [2.24, 2.45) is 0 Å². The molecule has 0 fully saturated rings. The summed E-state index contributed by atoms with van der Waals surface area (Å²) in [6, 6.07) is 6.06. The molecule has 0 bridgehead atoms. The third kappa shape index (κ3) is 6.62. The molecule has 2 aromatic carbocycles. The van der Waals surface area contributed by atoms with Crippen molar-refractivity contribution in [2.45, 2.75) is 13.8 Å². The lowest BCUT2D eigenvalue weighted by molar-refractivity contribution is -0.123. The maximum absolute atomic E-state index is 13.6. The Morgan fingerprint density at radius 1 is 0.812 bits per heavy atom. The quantitative estimate of drug-likeness (QED) is 0.479. The standard InChI is InChI=1S/C21H22F3N3O5/c1-3-31-15-8-5-12(9-16(15)32-4-2)21(30)26-10-17(28)25-11-18(29)27-14-7-6-13(22)19(23)20(14)24/h5-9H,3-4,10-11H2,1-2H3,(H,25,28)(H,26,30)(H,27,29). The minimum atomic E-state index is -1.73. The molecule has 0 saturated carbocycles. The number of hydrogen-bond acceptors (Lipinski definition) is 5. The number of carbonyl (C=O) groups excluding carboxylic acids is 3. The van der Waals surface area contributed by atoms with E-state index in [0.29, 0.717) is 30.8 Å². The second kappa shape index (κ2) is 11.6. The molecule has 0 aliphatic carbocycles. The lowest BCUT2D eigenvalue weighted by Gasteiger charge is -2.12. The predicted octanol–water partition coefficient (Wildman–Crippen LogP) is 2.39. The third-order valence-corrected chi connectivity index (χ3v) is 3.97. The molecule has 2 rings (SSSR count). The summed E-state index contributed by atoms with van der Waals surface area (Å²) in [5.41, 5.74) is -0.340.